The molecule has 0 radical (unpaired) electrons. The van der Waals surface area contributed by atoms with Crippen LogP contribution >= 0.6 is 11.8 Å². The Hall–Kier alpha value is -1.46. The Morgan fingerprint density at radius 2 is 1.80 bits per heavy atom. The van der Waals surface area contributed by atoms with Crippen LogP contribution in [0.25, 0.3) is 0 Å². The van der Waals surface area contributed by atoms with Gasteiger partial charge in [-0.3, -0.25) is 0 Å². The molecule has 0 spiro atoms. The number of hydrogen-bond acceptors (Lipinski definition) is 4. The molecular weight excluding hydrogens is 273 g/mol. The lowest BCUT2D eigenvalue weighted by atomic mass is 10.1. The molecule has 2 aromatic rings. The molecule has 2 rings (SSSR count). The highest BCUT2D eigenvalue weighted by atomic mass is 32.2. The lowest BCUT2D eigenvalue weighted by Crippen LogP contribution is -2.04. The highest BCUT2D eigenvalue weighted by molar-refractivity contribution is 7.99. The lowest BCUT2D eigenvalue weighted by molar-refractivity contribution is 0.623. The Morgan fingerprint density at radius 3 is 2.40 bits per heavy atom. The predicted molar refractivity (Wildman–Crippen MR) is 79.5 cm³/mol. The average molecular weight is 291 g/mol. The first kappa shape index (κ1) is 14.9. The van der Waals surface area contributed by atoms with Crippen molar-refractivity contribution in [3.8, 4) is 0 Å². The van der Waals surface area contributed by atoms with Crippen molar-refractivity contribution in [3.63, 3.8) is 0 Å². The Kier molecular flexibility index (Phi) is 4.73. The molecule has 0 aliphatic rings. The van der Waals surface area contributed by atoms with E-state index in [-0.39, 0.29) is 5.82 Å². The van der Waals surface area contributed by atoms with Gasteiger partial charge >= 0.3 is 0 Å². The molecule has 5 heteroatoms. The highest BCUT2D eigenvalue weighted by Crippen LogP contribution is 2.29. The van der Waals surface area contributed by atoms with Gasteiger partial charge in [-0.05, 0) is 74.8 Å². The first-order valence-electron chi connectivity index (χ1n) is 6.49. The van der Waals surface area contributed by atoms with Crippen LogP contribution in [0, 0.1) is 26.6 Å². The van der Waals surface area contributed by atoms with Gasteiger partial charge in [0.25, 0.3) is 0 Å². The molecule has 20 heavy (non-hydrogen) atoms. The third kappa shape index (κ3) is 3.35. The van der Waals surface area contributed by atoms with Gasteiger partial charge in [0, 0.05) is 16.3 Å². The number of hydrogen-bond donors (Lipinski definition) is 1. The summed E-state index contributed by atoms with van der Waals surface area (Å²) in [6, 6.07) is 4.75. The van der Waals surface area contributed by atoms with Crippen LogP contribution in [0.5, 0.6) is 0 Å². The van der Waals surface area contributed by atoms with E-state index in [2.05, 4.69) is 9.97 Å². The Balaban J connectivity index is 2.34. The molecule has 106 valence electrons. The normalized spacial score (nSPS) is 10.8. The summed E-state index contributed by atoms with van der Waals surface area (Å²) < 4.78 is 13.3. The maximum Gasteiger partial charge on any atom is 0.192 e. The molecule has 0 saturated heterocycles. The van der Waals surface area contributed by atoms with Crippen LogP contribution in [0.1, 0.15) is 22.5 Å². The molecule has 1 aromatic heterocycles. The zero-order chi connectivity index (χ0) is 14.7. The molecule has 2 N–H and O–H groups in total. The standard InChI is InChI=1S/C15H18FN3S/c1-9-10(2)18-15(19-11(9)3)20-14-5-4-13(16)8-12(14)6-7-17/h4-5,8H,6-7,17H2,1-3H3. The van der Waals surface area contributed by atoms with Gasteiger partial charge in [-0.1, -0.05) is 0 Å². The third-order valence-electron chi connectivity index (χ3n) is 3.25. The van der Waals surface area contributed by atoms with E-state index in [1.54, 1.807) is 6.07 Å². The van der Waals surface area contributed by atoms with E-state index >= 15 is 0 Å². The highest BCUT2D eigenvalue weighted by Gasteiger charge is 2.10. The van der Waals surface area contributed by atoms with Gasteiger partial charge in [0.15, 0.2) is 5.16 Å². The first-order chi connectivity index (χ1) is 9.51. The molecule has 1 aromatic carbocycles. The molecule has 0 unspecified atom stereocenters. The van der Waals surface area contributed by atoms with E-state index in [0.29, 0.717) is 18.1 Å². The number of nitrogens with two attached hydrogens (primary N) is 1. The maximum absolute atomic E-state index is 13.3. The van der Waals surface area contributed by atoms with E-state index in [1.807, 2.05) is 20.8 Å². The molecule has 0 fully saturated rings. The van der Waals surface area contributed by atoms with Crippen LogP contribution in [-0.2, 0) is 6.42 Å². The number of halogens is 1. The Bertz CT molecular complexity index is 606. The van der Waals surface area contributed by atoms with Crippen LogP contribution in [-0.4, -0.2) is 16.5 Å². The first-order valence-corrected chi connectivity index (χ1v) is 7.31. The van der Waals surface area contributed by atoms with Gasteiger partial charge in [-0.25, -0.2) is 14.4 Å². The fraction of sp³-hybridized carbons (Fsp3) is 0.333. The zero-order valence-corrected chi connectivity index (χ0v) is 12.7. The number of aryl methyl sites for hydroxylation is 2. The molecule has 0 saturated carbocycles. The van der Waals surface area contributed by atoms with Gasteiger partial charge in [-0.15, -0.1) is 0 Å². The topological polar surface area (TPSA) is 51.8 Å². The molecule has 0 bridgehead atoms. The number of nitrogens with zero attached hydrogens (tertiary/aromatic N) is 2. The van der Waals surface area contributed by atoms with E-state index in [9.17, 15) is 4.39 Å². The molecule has 0 aliphatic heterocycles. The largest absolute Gasteiger partial charge is 0.330 e. The minimum absolute atomic E-state index is 0.241. The molecule has 0 atom stereocenters. The summed E-state index contributed by atoms with van der Waals surface area (Å²) in [5, 5.41) is 0.690. The summed E-state index contributed by atoms with van der Waals surface area (Å²) in [6.07, 6.45) is 0.643. The molecule has 1 heterocycles. The second-order valence-electron chi connectivity index (χ2n) is 4.69. The summed E-state index contributed by atoms with van der Waals surface area (Å²) in [7, 11) is 0. The summed E-state index contributed by atoms with van der Waals surface area (Å²) >= 11 is 1.46. The predicted octanol–water partition coefficient (Wildman–Crippen LogP) is 3.19. The smallest absolute Gasteiger partial charge is 0.192 e. The van der Waals surface area contributed by atoms with Crippen molar-refractivity contribution in [1.82, 2.24) is 9.97 Å². The van der Waals surface area contributed by atoms with Crippen molar-refractivity contribution in [2.75, 3.05) is 6.54 Å². The van der Waals surface area contributed by atoms with Crippen LogP contribution in [0.2, 0.25) is 0 Å². The number of benzene rings is 1. The minimum atomic E-state index is -0.241. The van der Waals surface area contributed by atoms with Crippen molar-refractivity contribution >= 4 is 11.8 Å². The van der Waals surface area contributed by atoms with Gasteiger partial charge in [0.05, 0.1) is 0 Å². The van der Waals surface area contributed by atoms with Crippen LogP contribution in [0.15, 0.2) is 28.3 Å². The molecular formula is C15H18FN3S. The SMILES string of the molecule is Cc1nc(Sc2ccc(F)cc2CCN)nc(C)c1C. The van der Waals surface area contributed by atoms with Crippen molar-refractivity contribution in [2.45, 2.75) is 37.2 Å². The van der Waals surface area contributed by atoms with E-state index < -0.39 is 0 Å². The average Bonchev–Trinajstić information content (AvgIpc) is 2.39. The van der Waals surface area contributed by atoms with Gasteiger partial charge in [-0.2, -0.15) is 0 Å². The van der Waals surface area contributed by atoms with Gasteiger partial charge < -0.3 is 5.73 Å². The number of aromatic nitrogens is 2. The van der Waals surface area contributed by atoms with Crippen LogP contribution in [0.3, 0.4) is 0 Å². The second-order valence-corrected chi connectivity index (χ2v) is 5.70. The van der Waals surface area contributed by atoms with Crippen LogP contribution < -0.4 is 5.73 Å². The zero-order valence-electron chi connectivity index (χ0n) is 11.9. The van der Waals surface area contributed by atoms with Crippen molar-refractivity contribution in [1.29, 1.82) is 0 Å². The maximum atomic E-state index is 13.3. The quantitative estimate of drug-likeness (QED) is 0.879. The van der Waals surface area contributed by atoms with E-state index in [1.165, 1.54) is 23.9 Å². The Morgan fingerprint density at radius 1 is 1.15 bits per heavy atom. The van der Waals surface area contributed by atoms with Crippen molar-refractivity contribution in [2.24, 2.45) is 5.73 Å². The van der Waals surface area contributed by atoms with E-state index in [4.69, 9.17) is 5.73 Å². The van der Waals surface area contributed by atoms with Crippen LogP contribution in [0.4, 0.5) is 4.39 Å². The van der Waals surface area contributed by atoms with Crippen molar-refractivity contribution < 1.29 is 4.39 Å². The van der Waals surface area contributed by atoms with Crippen molar-refractivity contribution in [3.05, 3.63) is 46.5 Å². The third-order valence-corrected chi connectivity index (χ3v) is 4.23. The van der Waals surface area contributed by atoms with Gasteiger partial charge in [0.1, 0.15) is 5.82 Å². The minimum Gasteiger partial charge on any atom is -0.330 e. The lowest BCUT2D eigenvalue weighted by Gasteiger charge is -2.10. The Labute approximate surface area is 122 Å². The summed E-state index contributed by atoms with van der Waals surface area (Å²) in [4.78, 5) is 9.92. The summed E-state index contributed by atoms with van der Waals surface area (Å²) in [6.45, 7) is 6.44. The fourth-order valence-corrected chi connectivity index (χ4v) is 2.87. The fourth-order valence-electron chi connectivity index (χ4n) is 1.88. The molecule has 0 amide bonds. The van der Waals surface area contributed by atoms with E-state index in [0.717, 1.165) is 27.4 Å². The number of rotatable bonds is 4. The molecule has 3 nitrogen and oxygen atoms in total. The monoisotopic (exact) mass is 291 g/mol. The second kappa shape index (κ2) is 6.33. The molecule has 0 aliphatic carbocycles. The van der Waals surface area contributed by atoms with Gasteiger partial charge in [0.2, 0.25) is 0 Å². The summed E-state index contributed by atoms with van der Waals surface area (Å²) in [5.41, 5.74) is 9.53. The summed E-state index contributed by atoms with van der Waals surface area (Å²) in [5.74, 6) is -0.241.